The Kier molecular flexibility index (Phi) is 6.88. The molecule has 2 rings (SSSR count). The summed E-state index contributed by atoms with van der Waals surface area (Å²) in [6, 6.07) is 0. The van der Waals surface area contributed by atoms with Crippen molar-refractivity contribution >= 4 is 11.9 Å². The highest BCUT2D eigenvalue weighted by Gasteiger charge is 2.56. The van der Waals surface area contributed by atoms with E-state index in [1.54, 1.807) is 0 Å². The van der Waals surface area contributed by atoms with Crippen molar-refractivity contribution in [2.45, 2.75) is 77.4 Å². The van der Waals surface area contributed by atoms with Crippen molar-refractivity contribution < 1.29 is 19.4 Å². The van der Waals surface area contributed by atoms with E-state index in [4.69, 9.17) is 4.74 Å². The number of carbonyl (C=O) groups excluding carboxylic acids is 1. The molecule has 0 unspecified atom stereocenters. The summed E-state index contributed by atoms with van der Waals surface area (Å²) in [7, 11) is 0. The zero-order valence-corrected chi connectivity index (χ0v) is 14.5. The molecule has 2 bridgehead atoms. The fourth-order valence-electron chi connectivity index (χ4n) is 3.95. The van der Waals surface area contributed by atoms with Crippen LogP contribution in [0.3, 0.4) is 0 Å². The summed E-state index contributed by atoms with van der Waals surface area (Å²) in [5, 5.41) is 9.51. The Morgan fingerprint density at radius 1 is 0.957 bits per heavy atom. The molecule has 0 saturated carbocycles. The number of aliphatic carboxylic acids is 1. The van der Waals surface area contributed by atoms with Crippen LogP contribution in [-0.2, 0) is 14.3 Å². The molecular weight excluding hydrogens is 294 g/mol. The van der Waals surface area contributed by atoms with E-state index >= 15 is 0 Å². The van der Waals surface area contributed by atoms with Crippen LogP contribution >= 0.6 is 0 Å². The predicted octanol–water partition coefficient (Wildman–Crippen LogP) is 3.07. The Bertz CT molecular complexity index is 402. The van der Waals surface area contributed by atoms with Crippen LogP contribution in [0.5, 0.6) is 0 Å². The van der Waals surface area contributed by atoms with Gasteiger partial charge in [-0.3, -0.25) is 9.59 Å². The van der Waals surface area contributed by atoms with Crippen LogP contribution in [0, 0.1) is 11.8 Å². The summed E-state index contributed by atoms with van der Waals surface area (Å²) >= 11 is 0. The van der Waals surface area contributed by atoms with Crippen LogP contribution in [0.2, 0.25) is 0 Å². The highest BCUT2D eigenvalue weighted by molar-refractivity contribution is 5.86. The Labute approximate surface area is 139 Å². The van der Waals surface area contributed by atoms with E-state index in [9.17, 15) is 14.7 Å². The van der Waals surface area contributed by atoms with Gasteiger partial charge in [-0.1, -0.05) is 39.5 Å². The van der Waals surface area contributed by atoms with Crippen LogP contribution in [-0.4, -0.2) is 47.2 Å². The SMILES string of the molecule is CCCCCN(CCCCC)C(=O)[C@H]1[C@@H](C(=O)O)[C@@H]2CC[C@@H]1O2. The van der Waals surface area contributed by atoms with Gasteiger partial charge in [-0.05, 0) is 25.7 Å². The number of carboxylic acid groups (broad SMARTS) is 1. The van der Waals surface area contributed by atoms with Gasteiger partial charge in [0.25, 0.3) is 0 Å². The number of carboxylic acids is 1. The highest BCUT2D eigenvalue weighted by atomic mass is 16.5. The first kappa shape index (κ1) is 18.2. The third-order valence-electron chi connectivity index (χ3n) is 5.22. The van der Waals surface area contributed by atoms with Crippen molar-refractivity contribution in [3.05, 3.63) is 0 Å². The quantitative estimate of drug-likeness (QED) is 0.627. The zero-order valence-electron chi connectivity index (χ0n) is 14.5. The van der Waals surface area contributed by atoms with Crippen LogP contribution in [0.15, 0.2) is 0 Å². The van der Waals surface area contributed by atoms with E-state index in [-0.39, 0.29) is 18.1 Å². The molecule has 1 amide bonds. The number of fused-ring (bicyclic) bond motifs is 2. The molecule has 23 heavy (non-hydrogen) atoms. The lowest BCUT2D eigenvalue weighted by atomic mass is 9.78. The molecule has 5 nitrogen and oxygen atoms in total. The van der Waals surface area contributed by atoms with Crippen LogP contribution < -0.4 is 0 Å². The van der Waals surface area contributed by atoms with Gasteiger partial charge < -0.3 is 14.7 Å². The van der Waals surface area contributed by atoms with Crippen LogP contribution in [0.25, 0.3) is 0 Å². The maximum absolute atomic E-state index is 13.0. The van der Waals surface area contributed by atoms with Crippen molar-refractivity contribution in [2.24, 2.45) is 11.8 Å². The Morgan fingerprint density at radius 3 is 1.96 bits per heavy atom. The van der Waals surface area contributed by atoms with E-state index in [0.717, 1.165) is 64.5 Å². The minimum absolute atomic E-state index is 0.0109. The molecule has 2 aliphatic heterocycles. The molecule has 2 heterocycles. The standard InChI is InChI=1S/C18H31NO4/c1-3-5-7-11-19(12-8-6-4-2)17(20)15-13-9-10-14(23-13)16(15)18(21)22/h13-16H,3-12H2,1-2H3,(H,21,22)/t13-,14-,15+,16-/m0/s1. The number of unbranched alkanes of at least 4 members (excludes halogenated alkanes) is 4. The highest BCUT2D eigenvalue weighted by Crippen LogP contribution is 2.44. The summed E-state index contributed by atoms with van der Waals surface area (Å²) in [5.41, 5.74) is 0. The fraction of sp³-hybridized carbons (Fsp3) is 0.889. The molecule has 2 aliphatic rings. The lowest BCUT2D eigenvalue weighted by molar-refractivity contribution is -0.151. The lowest BCUT2D eigenvalue weighted by Gasteiger charge is -2.31. The molecule has 2 fully saturated rings. The molecule has 2 saturated heterocycles. The zero-order chi connectivity index (χ0) is 16.8. The monoisotopic (exact) mass is 325 g/mol. The number of nitrogens with zero attached hydrogens (tertiary/aromatic N) is 1. The van der Waals surface area contributed by atoms with Gasteiger partial charge in [-0.25, -0.2) is 0 Å². The van der Waals surface area contributed by atoms with E-state index in [1.807, 2.05) is 4.90 Å². The number of rotatable bonds is 10. The van der Waals surface area contributed by atoms with Gasteiger partial charge in [-0.15, -0.1) is 0 Å². The third-order valence-corrected chi connectivity index (χ3v) is 5.22. The molecular formula is C18H31NO4. The lowest BCUT2D eigenvalue weighted by Crippen LogP contribution is -2.46. The Balaban J connectivity index is 2.03. The minimum atomic E-state index is -0.877. The Hall–Kier alpha value is -1.10. The van der Waals surface area contributed by atoms with Crippen molar-refractivity contribution in [3.8, 4) is 0 Å². The van der Waals surface area contributed by atoms with Gasteiger partial charge in [0.1, 0.15) is 0 Å². The van der Waals surface area contributed by atoms with E-state index < -0.39 is 17.8 Å². The van der Waals surface area contributed by atoms with Crippen LogP contribution in [0.1, 0.15) is 65.2 Å². The molecule has 0 radical (unpaired) electrons. The van der Waals surface area contributed by atoms with Crippen molar-refractivity contribution in [2.75, 3.05) is 13.1 Å². The van der Waals surface area contributed by atoms with Gasteiger partial charge in [-0.2, -0.15) is 0 Å². The maximum Gasteiger partial charge on any atom is 0.310 e. The average molecular weight is 325 g/mol. The second-order valence-electron chi connectivity index (χ2n) is 6.92. The van der Waals surface area contributed by atoms with Crippen LogP contribution in [0.4, 0.5) is 0 Å². The number of hydrogen-bond acceptors (Lipinski definition) is 3. The van der Waals surface area contributed by atoms with Crippen molar-refractivity contribution in [1.82, 2.24) is 4.90 Å². The molecule has 0 aromatic carbocycles. The molecule has 0 aromatic heterocycles. The largest absolute Gasteiger partial charge is 0.481 e. The van der Waals surface area contributed by atoms with Gasteiger partial charge in [0.05, 0.1) is 24.0 Å². The Morgan fingerprint density at radius 2 is 1.48 bits per heavy atom. The summed E-state index contributed by atoms with van der Waals surface area (Å²) in [6.45, 7) is 5.79. The normalized spacial score (nSPS) is 29.0. The van der Waals surface area contributed by atoms with Gasteiger partial charge in [0.2, 0.25) is 5.91 Å². The minimum Gasteiger partial charge on any atom is -0.481 e. The molecule has 132 valence electrons. The molecule has 0 aliphatic carbocycles. The van der Waals surface area contributed by atoms with Crippen molar-refractivity contribution in [3.63, 3.8) is 0 Å². The second kappa shape index (κ2) is 8.67. The molecule has 4 atom stereocenters. The third kappa shape index (κ3) is 4.25. The van der Waals surface area contributed by atoms with E-state index in [2.05, 4.69) is 13.8 Å². The second-order valence-corrected chi connectivity index (χ2v) is 6.92. The predicted molar refractivity (Wildman–Crippen MR) is 88.1 cm³/mol. The summed E-state index contributed by atoms with van der Waals surface area (Å²) in [6.07, 6.45) is 7.58. The van der Waals surface area contributed by atoms with Gasteiger partial charge >= 0.3 is 5.97 Å². The number of hydrogen-bond donors (Lipinski definition) is 1. The topological polar surface area (TPSA) is 66.8 Å². The summed E-state index contributed by atoms with van der Waals surface area (Å²) < 4.78 is 5.75. The molecule has 5 heteroatoms. The number of carbonyl (C=O) groups is 2. The number of ether oxygens (including phenoxy) is 1. The fourth-order valence-corrected chi connectivity index (χ4v) is 3.95. The van der Waals surface area contributed by atoms with E-state index in [0.29, 0.717) is 0 Å². The van der Waals surface area contributed by atoms with E-state index in [1.165, 1.54) is 0 Å². The number of amides is 1. The maximum atomic E-state index is 13.0. The molecule has 1 N–H and O–H groups in total. The first-order valence-electron chi connectivity index (χ1n) is 9.27. The first-order valence-corrected chi connectivity index (χ1v) is 9.27. The molecule has 0 spiro atoms. The summed E-state index contributed by atoms with van der Waals surface area (Å²) in [5.74, 6) is -2.00. The van der Waals surface area contributed by atoms with Gasteiger partial charge in [0, 0.05) is 13.1 Å². The average Bonchev–Trinajstić information content (AvgIpc) is 3.14. The molecule has 0 aromatic rings. The van der Waals surface area contributed by atoms with Crippen molar-refractivity contribution in [1.29, 1.82) is 0 Å². The smallest absolute Gasteiger partial charge is 0.310 e. The summed E-state index contributed by atoms with van der Waals surface area (Å²) in [4.78, 5) is 26.5. The first-order chi connectivity index (χ1) is 11.1. The van der Waals surface area contributed by atoms with Gasteiger partial charge in [0.15, 0.2) is 0 Å².